The van der Waals surface area contributed by atoms with Gasteiger partial charge in [0.1, 0.15) is 0 Å². The summed E-state index contributed by atoms with van der Waals surface area (Å²) in [6, 6.07) is 9.85. The van der Waals surface area contributed by atoms with Crippen LogP contribution in [0.15, 0.2) is 35.4 Å². The minimum atomic E-state index is -0.243. The largest absolute Gasteiger partial charge is 0.455 e. The molecule has 2 bridgehead atoms. The van der Waals surface area contributed by atoms with Crippen LogP contribution in [0.3, 0.4) is 0 Å². The van der Waals surface area contributed by atoms with Gasteiger partial charge in [-0.2, -0.15) is 5.10 Å². The summed E-state index contributed by atoms with van der Waals surface area (Å²) < 4.78 is 5.23. The lowest BCUT2D eigenvalue weighted by molar-refractivity contribution is -0.153. The molecular weight excluding hydrogens is 316 g/mol. The summed E-state index contributed by atoms with van der Waals surface area (Å²) >= 11 is 0. The second kappa shape index (κ2) is 6.98. The van der Waals surface area contributed by atoms with E-state index in [9.17, 15) is 9.59 Å². The van der Waals surface area contributed by atoms with E-state index >= 15 is 0 Å². The maximum absolute atomic E-state index is 12.2. The van der Waals surface area contributed by atoms with Crippen molar-refractivity contribution in [2.45, 2.75) is 38.5 Å². The highest BCUT2D eigenvalue weighted by atomic mass is 16.5. The van der Waals surface area contributed by atoms with E-state index in [1.165, 1.54) is 24.3 Å². The molecule has 25 heavy (non-hydrogen) atoms. The minimum absolute atomic E-state index is 0.203. The molecule has 0 aromatic heterocycles. The SMILES string of the molecule is O=C(C[C@H]1C[C@H]2CC[C@@H]1C2)OCC(=O)N1CCC(c2ccccc2)=N1. The monoisotopic (exact) mass is 340 g/mol. The third-order valence-corrected chi connectivity index (χ3v) is 5.87. The summed E-state index contributed by atoms with van der Waals surface area (Å²) in [7, 11) is 0. The summed E-state index contributed by atoms with van der Waals surface area (Å²) in [6.45, 7) is 0.345. The van der Waals surface area contributed by atoms with E-state index in [2.05, 4.69) is 5.10 Å². The Balaban J connectivity index is 1.25. The molecule has 2 aliphatic carbocycles. The van der Waals surface area contributed by atoms with Crippen LogP contribution >= 0.6 is 0 Å². The highest BCUT2D eigenvalue weighted by Crippen LogP contribution is 2.49. The van der Waals surface area contributed by atoms with Gasteiger partial charge >= 0.3 is 5.97 Å². The molecular formula is C20H24N2O3. The van der Waals surface area contributed by atoms with Gasteiger partial charge in [-0.25, -0.2) is 5.01 Å². The molecule has 0 unspecified atom stereocenters. The maximum atomic E-state index is 12.2. The molecule has 0 spiro atoms. The van der Waals surface area contributed by atoms with E-state index in [1.807, 2.05) is 30.3 Å². The number of hydrazone groups is 1. The van der Waals surface area contributed by atoms with Crippen LogP contribution in [0.4, 0.5) is 0 Å². The maximum Gasteiger partial charge on any atom is 0.306 e. The fourth-order valence-electron chi connectivity index (χ4n) is 4.59. The fraction of sp³-hybridized carbons (Fsp3) is 0.550. The Morgan fingerprint density at radius 2 is 2.00 bits per heavy atom. The Morgan fingerprint density at radius 3 is 2.72 bits per heavy atom. The molecule has 3 atom stereocenters. The zero-order valence-corrected chi connectivity index (χ0v) is 14.4. The molecule has 1 aliphatic heterocycles. The number of ether oxygens (including phenoxy) is 1. The molecule has 1 heterocycles. The Kier molecular flexibility index (Phi) is 4.55. The summed E-state index contributed by atoms with van der Waals surface area (Å²) in [5.74, 6) is 1.50. The number of nitrogens with zero attached hydrogens (tertiary/aromatic N) is 2. The second-order valence-corrected chi connectivity index (χ2v) is 7.48. The third-order valence-electron chi connectivity index (χ3n) is 5.87. The van der Waals surface area contributed by atoms with Gasteiger partial charge < -0.3 is 4.74 Å². The smallest absolute Gasteiger partial charge is 0.306 e. The first-order chi connectivity index (χ1) is 12.2. The fourth-order valence-corrected chi connectivity index (χ4v) is 4.59. The van der Waals surface area contributed by atoms with Crippen LogP contribution in [0.5, 0.6) is 0 Å². The lowest BCUT2D eigenvalue weighted by Gasteiger charge is -2.20. The number of esters is 1. The quantitative estimate of drug-likeness (QED) is 0.774. The van der Waals surface area contributed by atoms with E-state index in [0.717, 1.165) is 30.0 Å². The minimum Gasteiger partial charge on any atom is -0.455 e. The van der Waals surface area contributed by atoms with Crippen LogP contribution in [0.2, 0.25) is 0 Å². The molecule has 5 nitrogen and oxygen atoms in total. The Labute approximate surface area is 148 Å². The van der Waals surface area contributed by atoms with Crippen LogP contribution < -0.4 is 0 Å². The topological polar surface area (TPSA) is 59.0 Å². The van der Waals surface area contributed by atoms with Gasteiger partial charge in [-0.15, -0.1) is 0 Å². The summed E-state index contributed by atoms with van der Waals surface area (Å²) in [5.41, 5.74) is 1.94. The van der Waals surface area contributed by atoms with E-state index in [1.54, 1.807) is 0 Å². The number of rotatable bonds is 5. The summed E-state index contributed by atoms with van der Waals surface area (Å²) in [5, 5.41) is 5.80. The molecule has 1 amide bonds. The molecule has 0 saturated heterocycles. The molecule has 5 heteroatoms. The van der Waals surface area contributed by atoms with E-state index in [4.69, 9.17) is 4.74 Å². The number of hydrogen-bond acceptors (Lipinski definition) is 4. The van der Waals surface area contributed by atoms with Crippen molar-refractivity contribution in [3.63, 3.8) is 0 Å². The molecule has 2 saturated carbocycles. The molecule has 2 fully saturated rings. The number of fused-ring (bicyclic) bond motifs is 2. The van der Waals surface area contributed by atoms with Crippen LogP contribution in [0.25, 0.3) is 0 Å². The molecule has 0 N–H and O–H groups in total. The Hall–Kier alpha value is -2.17. The van der Waals surface area contributed by atoms with Crippen molar-refractivity contribution < 1.29 is 14.3 Å². The van der Waals surface area contributed by atoms with Gasteiger partial charge in [-0.05, 0) is 42.6 Å². The second-order valence-electron chi connectivity index (χ2n) is 7.48. The van der Waals surface area contributed by atoms with Gasteiger partial charge in [-0.1, -0.05) is 36.8 Å². The van der Waals surface area contributed by atoms with Gasteiger partial charge in [0.25, 0.3) is 5.91 Å². The summed E-state index contributed by atoms with van der Waals surface area (Å²) in [4.78, 5) is 24.3. The first-order valence-electron chi connectivity index (χ1n) is 9.28. The van der Waals surface area contributed by atoms with Crippen LogP contribution in [-0.2, 0) is 14.3 Å². The number of amides is 1. The summed E-state index contributed by atoms with van der Waals surface area (Å²) in [6.07, 6.45) is 6.21. The first-order valence-corrected chi connectivity index (χ1v) is 9.28. The predicted molar refractivity (Wildman–Crippen MR) is 93.8 cm³/mol. The normalized spacial score (nSPS) is 27.4. The number of carbonyl (C=O) groups is 2. The molecule has 1 aromatic carbocycles. The van der Waals surface area contributed by atoms with E-state index in [-0.39, 0.29) is 18.5 Å². The van der Waals surface area contributed by atoms with E-state index < -0.39 is 0 Å². The average molecular weight is 340 g/mol. The van der Waals surface area contributed by atoms with Crippen LogP contribution in [-0.4, -0.2) is 35.7 Å². The third kappa shape index (κ3) is 3.60. The van der Waals surface area contributed by atoms with Crippen molar-refractivity contribution in [1.82, 2.24) is 5.01 Å². The molecule has 1 aromatic rings. The average Bonchev–Trinajstić information content (AvgIpc) is 3.37. The number of carbonyl (C=O) groups excluding carboxylic acids is 2. The zero-order chi connectivity index (χ0) is 17.2. The van der Waals surface area contributed by atoms with E-state index in [0.29, 0.717) is 24.8 Å². The van der Waals surface area contributed by atoms with Gasteiger partial charge in [0.15, 0.2) is 6.61 Å². The molecule has 0 radical (unpaired) electrons. The lowest BCUT2D eigenvalue weighted by atomic mass is 9.86. The lowest BCUT2D eigenvalue weighted by Crippen LogP contribution is -2.29. The van der Waals surface area contributed by atoms with Gasteiger partial charge in [0, 0.05) is 12.8 Å². The number of hydrogen-bond donors (Lipinski definition) is 0. The molecule has 132 valence electrons. The van der Waals surface area contributed by atoms with Crippen molar-refractivity contribution in [3.8, 4) is 0 Å². The number of benzene rings is 1. The van der Waals surface area contributed by atoms with Gasteiger partial charge in [0.05, 0.1) is 12.3 Å². The van der Waals surface area contributed by atoms with Crippen LogP contribution in [0, 0.1) is 17.8 Å². The van der Waals surface area contributed by atoms with Crippen molar-refractivity contribution in [3.05, 3.63) is 35.9 Å². The Morgan fingerprint density at radius 1 is 1.16 bits per heavy atom. The standard InChI is InChI=1S/C20H24N2O3/c23-19(22-9-8-18(21-22)15-4-2-1-3-5-15)13-25-20(24)12-17-11-14-6-7-16(17)10-14/h1-5,14,16-17H,6-13H2/t14-,16+,17+/m0/s1. The highest BCUT2D eigenvalue weighted by molar-refractivity contribution is 6.02. The van der Waals surface area contributed by atoms with Crippen LogP contribution in [0.1, 0.15) is 44.1 Å². The highest BCUT2D eigenvalue weighted by Gasteiger charge is 2.40. The van der Waals surface area contributed by atoms with Gasteiger partial charge in [-0.3, -0.25) is 9.59 Å². The predicted octanol–water partition coefficient (Wildman–Crippen LogP) is 2.99. The molecule has 3 aliphatic rings. The van der Waals surface area contributed by atoms with Crippen molar-refractivity contribution in [2.75, 3.05) is 13.2 Å². The first kappa shape index (κ1) is 16.3. The van der Waals surface area contributed by atoms with Gasteiger partial charge in [0.2, 0.25) is 0 Å². The van der Waals surface area contributed by atoms with Crippen molar-refractivity contribution in [1.29, 1.82) is 0 Å². The molecule has 4 rings (SSSR count). The Bertz CT molecular complexity index is 685. The van der Waals surface area contributed by atoms with Crippen molar-refractivity contribution >= 4 is 17.6 Å². The zero-order valence-electron chi connectivity index (χ0n) is 14.4. The van der Waals surface area contributed by atoms with Crippen molar-refractivity contribution in [2.24, 2.45) is 22.9 Å².